The van der Waals surface area contributed by atoms with Crippen LogP contribution in [0.4, 0.5) is 0 Å². The molecule has 0 aliphatic carbocycles. The van der Waals surface area contributed by atoms with Crippen molar-refractivity contribution < 1.29 is 4.43 Å². The minimum atomic E-state index is -0.908. The second kappa shape index (κ2) is 4.62. The van der Waals surface area contributed by atoms with Crippen LogP contribution in [-0.2, 0) is 4.43 Å². The Hall–Kier alpha value is 0.467. The highest BCUT2D eigenvalue weighted by atomic mass is 35.6. The molecule has 43 valence electrons. The first kappa shape index (κ1) is 7.47. The van der Waals surface area contributed by atoms with Gasteiger partial charge in [-0.2, -0.15) is 0 Å². The number of hydrogen-bond acceptors (Lipinski definition) is 1. The van der Waals surface area contributed by atoms with Crippen LogP contribution in [0.5, 0.6) is 0 Å². The molecule has 0 amide bonds. The number of halogens is 1. The molecule has 0 N–H and O–H groups in total. The summed E-state index contributed by atoms with van der Waals surface area (Å²) in [6.07, 6.45) is 0. The van der Waals surface area contributed by atoms with Gasteiger partial charge in [-0.3, -0.25) is 0 Å². The zero-order chi connectivity index (χ0) is 5.70. The summed E-state index contributed by atoms with van der Waals surface area (Å²) in [5, 5.41) is 0. The van der Waals surface area contributed by atoms with Crippen LogP contribution in [-0.4, -0.2) is 15.0 Å². The Morgan fingerprint density at radius 2 is 2.14 bits per heavy atom. The quantitative estimate of drug-likeness (QED) is 0.426. The summed E-state index contributed by atoms with van der Waals surface area (Å²) in [6, 6.07) is 0.986. The fourth-order valence-electron chi connectivity index (χ4n) is 0.259. The van der Waals surface area contributed by atoms with Gasteiger partial charge in [-0.05, 0) is 13.0 Å². The lowest BCUT2D eigenvalue weighted by molar-refractivity contribution is 0.355. The molecule has 1 radical (unpaired) electrons. The first-order chi connectivity index (χ1) is 3.31. The molecule has 0 unspecified atom stereocenters. The maximum absolute atomic E-state index is 5.65. The average Bonchev–Trinajstić information content (AvgIpc) is 1.68. The molecule has 0 aliphatic rings. The Bertz CT molecular complexity index is 42.7. The molecule has 1 nitrogen and oxygen atoms in total. The van der Waals surface area contributed by atoms with Crippen molar-refractivity contribution in [2.24, 2.45) is 0 Å². The minimum Gasteiger partial charge on any atom is -0.403 e. The summed E-state index contributed by atoms with van der Waals surface area (Å²) < 4.78 is 5.06. The molecule has 0 aliphatic heterocycles. The first-order valence-electron chi connectivity index (χ1n) is 2.45. The van der Waals surface area contributed by atoms with Gasteiger partial charge in [0.1, 0.15) is 0 Å². The lowest BCUT2D eigenvalue weighted by atomic mass is 10.9. The highest BCUT2D eigenvalue weighted by molar-refractivity contribution is 7.03. The van der Waals surface area contributed by atoms with Gasteiger partial charge in [0, 0.05) is 6.61 Å². The first-order valence-corrected chi connectivity index (χ1v) is 5.08. The van der Waals surface area contributed by atoms with E-state index in [2.05, 4.69) is 0 Å². The van der Waals surface area contributed by atoms with E-state index in [1.54, 1.807) is 0 Å². The van der Waals surface area contributed by atoms with Crippen LogP contribution in [0.1, 0.15) is 13.8 Å². The van der Waals surface area contributed by atoms with Crippen LogP contribution in [0.15, 0.2) is 0 Å². The summed E-state index contributed by atoms with van der Waals surface area (Å²) in [5.74, 6) is 0. The lowest BCUT2D eigenvalue weighted by Gasteiger charge is -1.99. The van der Waals surface area contributed by atoms with E-state index >= 15 is 0 Å². The standard InChI is InChI=1S/C4H10ClOSi/c1-3-6-7(5)4-2/h3-4H2,1-2H3. The van der Waals surface area contributed by atoms with Crippen molar-refractivity contribution in [3.8, 4) is 0 Å². The van der Waals surface area contributed by atoms with Crippen LogP contribution < -0.4 is 0 Å². The molecular weight excluding hydrogens is 128 g/mol. The fraction of sp³-hybridized carbons (Fsp3) is 1.00. The highest BCUT2D eigenvalue weighted by Crippen LogP contribution is 1.96. The van der Waals surface area contributed by atoms with Gasteiger partial charge in [-0.25, -0.2) is 0 Å². The zero-order valence-electron chi connectivity index (χ0n) is 4.70. The second-order valence-electron chi connectivity index (χ2n) is 1.14. The largest absolute Gasteiger partial charge is 0.403 e. The molecule has 0 saturated heterocycles. The summed E-state index contributed by atoms with van der Waals surface area (Å²) in [6.45, 7) is 4.76. The van der Waals surface area contributed by atoms with Gasteiger partial charge in [0.25, 0.3) is 0 Å². The topological polar surface area (TPSA) is 9.23 Å². The molecule has 0 heterocycles. The summed E-state index contributed by atoms with van der Waals surface area (Å²) in [4.78, 5) is 0. The van der Waals surface area contributed by atoms with Gasteiger partial charge in [-0.15, -0.1) is 11.1 Å². The SMILES string of the molecule is CCO[Si](Cl)CC. The Labute approximate surface area is 51.1 Å². The van der Waals surface area contributed by atoms with Gasteiger partial charge in [0.2, 0.25) is 0 Å². The maximum atomic E-state index is 5.65. The van der Waals surface area contributed by atoms with Crippen LogP contribution in [0.2, 0.25) is 6.04 Å². The maximum Gasteiger partial charge on any atom is 0.322 e. The molecule has 7 heavy (non-hydrogen) atoms. The molecule has 0 aromatic heterocycles. The molecule has 0 spiro atoms. The van der Waals surface area contributed by atoms with Crippen molar-refractivity contribution in [1.82, 2.24) is 0 Å². The predicted octanol–water partition coefficient (Wildman–Crippen LogP) is 1.77. The smallest absolute Gasteiger partial charge is 0.322 e. The zero-order valence-corrected chi connectivity index (χ0v) is 6.46. The molecule has 3 heteroatoms. The van der Waals surface area contributed by atoms with Crippen molar-refractivity contribution in [1.29, 1.82) is 0 Å². The average molecular weight is 138 g/mol. The molecule has 0 bridgehead atoms. The Kier molecular flexibility index (Phi) is 4.93. The Balaban J connectivity index is 2.83. The minimum absolute atomic E-state index is 0.756. The van der Waals surface area contributed by atoms with Gasteiger partial charge >= 0.3 is 8.35 Å². The normalized spacial score (nSPS) is 10.3. The van der Waals surface area contributed by atoms with Crippen molar-refractivity contribution >= 4 is 19.4 Å². The van der Waals surface area contributed by atoms with E-state index in [0.29, 0.717) is 0 Å². The molecule has 0 aromatic carbocycles. The van der Waals surface area contributed by atoms with E-state index in [0.717, 1.165) is 12.7 Å². The van der Waals surface area contributed by atoms with Gasteiger partial charge in [0.15, 0.2) is 0 Å². The predicted molar refractivity (Wildman–Crippen MR) is 33.7 cm³/mol. The van der Waals surface area contributed by atoms with E-state index in [9.17, 15) is 0 Å². The van der Waals surface area contributed by atoms with E-state index in [-0.39, 0.29) is 0 Å². The number of hydrogen-bond donors (Lipinski definition) is 0. The van der Waals surface area contributed by atoms with Crippen LogP contribution in [0.25, 0.3) is 0 Å². The third-order valence-electron chi connectivity index (χ3n) is 0.579. The summed E-state index contributed by atoms with van der Waals surface area (Å²) in [7, 11) is -0.908. The second-order valence-corrected chi connectivity index (χ2v) is 4.11. The number of rotatable bonds is 3. The van der Waals surface area contributed by atoms with Gasteiger partial charge in [0.05, 0.1) is 0 Å². The summed E-state index contributed by atoms with van der Waals surface area (Å²) >= 11 is 5.65. The third kappa shape index (κ3) is 4.32. The molecular formula is C4H10ClOSi. The van der Waals surface area contributed by atoms with Gasteiger partial charge < -0.3 is 4.43 Å². The van der Waals surface area contributed by atoms with Crippen LogP contribution in [0, 0.1) is 0 Å². The Morgan fingerprint density at radius 1 is 1.57 bits per heavy atom. The molecule has 0 rings (SSSR count). The van der Waals surface area contributed by atoms with E-state index in [1.807, 2.05) is 13.8 Å². The molecule has 0 fully saturated rings. The third-order valence-corrected chi connectivity index (χ3v) is 2.87. The van der Waals surface area contributed by atoms with E-state index < -0.39 is 8.35 Å². The molecule has 0 aromatic rings. The summed E-state index contributed by atoms with van der Waals surface area (Å²) in [5.41, 5.74) is 0. The van der Waals surface area contributed by atoms with Crippen molar-refractivity contribution in [2.75, 3.05) is 6.61 Å². The van der Waals surface area contributed by atoms with Crippen molar-refractivity contribution in [2.45, 2.75) is 19.9 Å². The monoisotopic (exact) mass is 137 g/mol. The van der Waals surface area contributed by atoms with Crippen LogP contribution >= 0.6 is 11.1 Å². The highest BCUT2D eigenvalue weighted by Gasteiger charge is 2.01. The Morgan fingerprint density at radius 3 is 2.29 bits per heavy atom. The van der Waals surface area contributed by atoms with Crippen molar-refractivity contribution in [3.05, 3.63) is 0 Å². The van der Waals surface area contributed by atoms with Crippen molar-refractivity contribution in [3.63, 3.8) is 0 Å². The van der Waals surface area contributed by atoms with Crippen LogP contribution in [0.3, 0.4) is 0 Å². The molecule has 0 saturated carbocycles. The van der Waals surface area contributed by atoms with E-state index in [1.165, 1.54) is 0 Å². The van der Waals surface area contributed by atoms with Gasteiger partial charge in [-0.1, -0.05) is 6.92 Å². The van der Waals surface area contributed by atoms with E-state index in [4.69, 9.17) is 15.5 Å². The fourth-order valence-corrected chi connectivity index (χ4v) is 1.10. The molecule has 0 atom stereocenters. The lowest BCUT2D eigenvalue weighted by Crippen LogP contribution is -2.07.